The summed E-state index contributed by atoms with van der Waals surface area (Å²) in [5.41, 5.74) is 2.23. The number of rotatable bonds is 8. The van der Waals surface area contributed by atoms with Crippen molar-refractivity contribution in [2.24, 2.45) is 4.99 Å². The maximum Gasteiger partial charge on any atom is 0.251 e. The van der Waals surface area contributed by atoms with Gasteiger partial charge in [0.15, 0.2) is 5.96 Å². The summed E-state index contributed by atoms with van der Waals surface area (Å²) in [6.07, 6.45) is 1.61. The molecule has 2 aromatic carbocycles. The van der Waals surface area contributed by atoms with Crippen LogP contribution < -0.4 is 16.0 Å². The molecule has 7 nitrogen and oxygen atoms in total. The maximum absolute atomic E-state index is 12.1. The van der Waals surface area contributed by atoms with Crippen LogP contribution in [0.3, 0.4) is 0 Å². The molecule has 3 aromatic rings. The fraction of sp³-hybridized carbons (Fsp3) is 0.227. The molecular formula is C22H25ClIN5O2. The van der Waals surface area contributed by atoms with Gasteiger partial charge in [-0.3, -0.25) is 4.79 Å². The Morgan fingerprint density at radius 2 is 1.74 bits per heavy atom. The van der Waals surface area contributed by atoms with Crippen LogP contribution >= 0.6 is 35.6 Å². The largest absolute Gasteiger partial charge is 0.444 e. The number of guanidine groups is 1. The van der Waals surface area contributed by atoms with Crippen LogP contribution in [0.1, 0.15) is 23.0 Å². The van der Waals surface area contributed by atoms with Gasteiger partial charge in [-0.05, 0) is 43.3 Å². The number of amides is 1. The Kier molecular flexibility index (Phi) is 10.3. The molecule has 1 amide bonds. The standard InChI is InChI=1S/C22H24ClN5O2.HI/c1-2-24-22(26-13-12-25-20(29)16-8-10-18(23)11-9-16)27-14-19-15-30-21(28-19)17-6-4-3-5-7-17;/h3-11,15H,2,12-14H2,1H3,(H,25,29)(H2,24,26,27);1H. The van der Waals surface area contributed by atoms with Gasteiger partial charge in [0.05, 0.1) is 6.54 Å². The van der Waals surface area contributed by atoms with E-state index in [4.69, 9.17) is 16.0 Å². The Balaban J connectivity index is 0.00000341. The molecule has 0 saturated heterocycles. The summed E-state index contributed by atoms with van der Waals surface area (Å²) in [7, 11) is 0. The minimum atomic E-state index is -0.147. The van der Waals surface area contributed by atoms with Crippen molar-refractivity contribution in [3.05, 3.63) is 77.1 Å². The fourth-order valence-corrected chi connectivity index (χ4v) is 2.78. The van der Waals surface area contributed by atoms with Crippen LogP contribution in [0.5, 0.6) is 0 Å². The van der Waals surface area contributed by atoms with Gasteiger partial charge in [-0.25, -0.2) is 9.98 Å². The fourth-order valence-electron chi connectivity index (χ4n) is 2.65. The number of carbonyl (C=O) groups excluding carboxylic acids is 1. The molecule has 0 bridgehead atoms. The first-order valence-electron chi connectivity index (χ1n) is 9.71. The van der Waals surface area contributed by atoms with Crippen LogP contribution in [0.2, 0.25) is 5.02 Å². The van der Waals surface area contributed by atoms with Crippen LogP contribution in [0.4, 0.5) is 0 Å². The molecule has 3 N–H and O–H groups in total. The zero-order valence-electron chi connectivity index (χ0n) is 17.1. The monoisotopic (exact) mass is 553 g/mol. The van der Waals surface area contributed by atoms with Crippen molar-refractivity contribution in [1.29, 1.82) is 0 Å². The first kappa shape index (κ1) is 24.7. The van der Waals surface area contributed by atoms with Crippen LogP contribution in [-0.4, -0.2) is 36.5 Å². The molecule has 1 heterocycles. The SMILES string of the molecule is CCNC(=NCc1coc(-c2ccccc2)n1)NCCNC(=O)c1ccc(Cl)cc1.I. The van der Waals surface area contributed by atoms with E-state index in [0.717, 1.165) is 17.8 Å². The van der Waals surface area contributed by atoms with Gasteiger partial charge in [0.25, 0.3) is 5.91 Å². The lowest BCUT2D eigenvalue weighted by Crippen LogP contribution is -2.41. The van der Waals surface area contributed by atoms with Crippen molar-refractivity contribution in [3.63, 3.8) is 0 Å². The molecule has 3 rings (SSSR count). The number of aromatic nitrogens is 1. The number of aliphatic imine (C=N–C) groups is 1. The van der Waals surface area contributed by atoms with Gasteiger partial charge in [0.1, 0.15) is 12.0 Å². The molecular weight excluding hydrogens is 529 g/mol. The second-order valence-electron chi connectivity index (χ2n) is 6.39. The van der Waals surface area contributed by atoms with E-state index in [1.54, 1.807) is 30.5 Å². The Labute approximate surface area is 203 Å². The average molecular weight is 554 g/mol. The van der Waals surface area contributed by atoms with E-state index < -0.39 is 0 Å². The third kappa shape index (κ3) is 7.87. The van der Waals surface area contributed by atoms with Crippen LogP contribution in [0.25, 0.3) is 11.5 Å². The van der Waals surface area contributed by atoms with Crippen molar-refractivity contribution in [2.45, 2.75) is 13.5 Å². The molecule has 0 unspecified atom stereocenters. The van der Waals surface area contributed by atoms with E-state index >= 15 is 0 Å². The molecule has 0 atom stereocenters. The van der Waals surface area contributed by atoms with E-state index in [1.807, 2.05) is 37.3 Å². The third-order valence-corrected chi connectivity index (χ3v) is 4.38. The van der Waals surface area contributed by atoms with E-state index in [0.29, 0.717) is 42.1 Å². The molecule has 31 heavy (non-hydrogen) atoms. The van der Waals surface area contributed by atoms with Gasteiger partial charge in [-0.2, -0.15) is 0 Å². The first-order valence-corrected chi connectivity index (χ1v) is 10.1. The van der Waals surface area contributed by atoms with Crippen molar-refractivity contribution in [1.82, 2.24) is 20.9 Å². The van der Waals surface area contributed by atoms with Gasteiger partial charge < -0.3 is 20.4 Å². The topological polar surface area (TPSA) is 91.6 Å². The molecule has 1 aromatic heterocycles. The van der Waals surface area contributed by atoms with E-state index in [1.165, 1.54) is 0 Å². The van der Waals surface area contributed by atoms with Gasteiger partial charge in [-0.1, -0.05) is 29.8 Å². The summed E-state index contributed by atoms with van der Waals surface area (Å²) in [6, 6.07) is 16.5. The number of nitrogens with zero attached hydrogens (tertiary/aromatic N) is 2. The second kappa shape index (κ2) is 13.0. The number of carbonyl (C=O) groups is 1. The molecule has 0 aliphatic carbocycles. The normalized spacial score (nSPS) is 10.8. The number of benzene rings is 2. The van der Waals surface area contributed by atoms with Crippen LogP contribution in [-0.2, 0) is 6.54 Å². The quantitative estimate of drug-likeness (QED) is 0.169. The van der Waals surface area contributed by atoms with Gasteiger partial charge in [0, 0.05) is 35.8 Å². The molecule has 9 heteroatoms. The minimum Gasteiger partial charge on any atom is -0.444 e. The molecule has 0 radical (unpaired) electrons. The Morgan fingerprint density at radius 3 is 2.45 bits per heavy atom. The summed E-state index contributed by atoms with van der Waals surface area (Å²) in [5.74, 6) is 1.07. The predicted octanol–water partition coefficient (Wildman–Crippen LogP) is 4.10. The molecule has 0 fully saturated rings. The molecule has 0 saturated carbocycles. The number of hydrogen-bond acceptors (Lipinski definition) is 4. The highest BCUT2D eigenvalue weighted by Crippen LogP contribution is 2.18. The minimum absolute atomic E-state index is 0. The lowest BCUT2D eigenvalue weighted by molar-refractivity contribution is 0.0954. The van der Waals surface area contributed by atoms with Crippen molar-refractivity contribution in [3.8, 4) is 11.5 Å². The number of halogens is 2. The molecule has 0 aliphatic rings. The summed E-state index contributed by atoms with van der Waals surface area (Å²) < 4.78 is 5.54. The Bertz CT molecular complexity index is 977. The second-order valence-corrected chi connectivity index (χ2v) is 6.83. The zero-order valence-corrected chi connectivity index (χ0v) is 20.2. The smallest absolute Gasteiger partial charge is 0.251 e. The van der Waals surface area contributed by atoms with Gasteiger partial charge in [-0.15, -0.1) is 24.0 Å². The summed E-state index contributed by atoms with van der Waals surface area (Å²) >= 11 is 5.84. The van der Waals surface area contributed by atoms with E-state index in [-0.39, 0.29) is 29.9 Å². The maximum atomic E-state index is 12.1. The third-order valence-electron chi connectivity index (χ3n) is 4.13. The number of hydrogen-bond donors (Lipinski definition) is 3. The van der Waals surface area contributed by atoms with E-state index in [9.17, 15) is 4.79 Å². The predicted molar refractivity (Wildman–Crippen MR) is 134 cm³/mol. The highest BCUT2D eigenvalue weighted by atomic mass is 127. The molecule has 0 aliphatic heterocycles. The summed E-state index contributed by atoms with van der Waals surface area (Å²) in [4.78, 5) is 21.1. The van der Waals surface area contributed by atoms with Crippen molar-refractivity contribution < 1.29 is 9.21 Å². The summed E-state index contributed by atoms with van der Waals surface area (Å²) in [5, 5.41) is 9.82. The first-order chi connectivity index (χ1) is 14.7. The van der Waals surface area contributed by atoms with Gasteiger partial charge >= 0.3 is 0 Å². The number of nitrogens with one attached hydrogen (secondary N) is 3. The van der Waals surface area contributed by atoms with Crippen LogP contribution in [0.15, 0.2) is 70.3 Å². The van der Waals surface area contributed by atoms with Gasteiger partial charge in [0.2, 0.25) is 5.89 Å². The zero-order chi connectivity index (χ0) is 21.2. The average Bonchev–Trinajstić information content (AvgIpc) is 3.25. The lowest BCUT2D eigenvalue weighted by Gasteiger charge is -2.11. The Hall–Kier alpha value is -2.59. The van der Waals surface area contributed by atoms with Crippen LogP contribution in [0, 0.1) is 0 Å². The van der Waals surface area contributed by atoms with E-state index in [2.05, 4.69) is 25.9 Å². The lowest BCUT2D eigenvalue weighted by atomic mass is 10.2. The van der Waals surface area contributed by atoms with Crippen molar-refractivity contribution >= 4 is 47.4 Å². The summed E-state index contributed by atoms with van der Waals surface area (Å²) in [6.45, 7) is 4.07. The number of oxazole rings is 1. The molecule has 0 spiro atoms. The Morgan fingerprint density at radius 1 is 1.03 bits per heavy atom. The highest BCUT2D eigenvalue weighted by molar-refractivity contribution is 14.0. The van der Waals surface area contributed by atoms with Crippen molar-refractivity contribution in [2.75, 3.05) is 19.6 Å². The highest BCUT2D eigenvalue weighted by Gasteiger charge is 2.07. The molecule has 164 valence electrons.